The number of nitrogens with one attached hydrogen (secondary N) is 1. The van der Waals surface area contributed by atoms with Crippen LogP contribution in [0.15, 0.2) is 11.1 Å². The Morgan fingerprint density at radius 1 is 1.37 bits per heavy atom. The van der Waals surface area contributed by atoms with Crippen LogP contribution in [0.1, 0.15) is 24.3 Å². The largest absolute Gasteiger partial charge is 0.490 e. The van der Waals surface area contributed by atoms with Crippen LogP contribution in [-0.4, -0.2) is 39.2 Å². The molecule has 0 saturated heterocycles. The average molecular weight is 290 g/mol. The monoisotopic (exact) mass is 290 g/mol. The number of hydrogen-bond donors (Lipinski definition) is 1. The van der Waals surface area contributed by atoms with E-state index in [2.05, 4.69) is 4.72 Å². The highest BCUT2D eigenvalue weighted by Crippen LogP contribution is 2.30. The summed E-state index contributed by atoms with van der Waals surface area (Å²) in [6.07, 6.45) is 1.32. The van der Waals surface area contributed by atoms with Crippen LogP contribution in [0.3, 0.4) is 0 Å². The molecule has 0 fully saturated rings. The van der Waals surface area contributed by atoms with Crippen molar-refractivity contribution in [3.63, 3.8) is 0 Å². The number of aryl methyl sites for hydroxylation is 1. The van der Waals surface area contributed by atoms with Crippen molar-refractivity contribution in [3.05, 3.63) is 11.9 Å². The van der Waals surface area contributed by atoms with E-state index in [9.17, 15) is 13.2 Å². The molecule has 0 aromatic carbocycles. The molecule has 1 aromatic rings. The van der Waals surface area contributed by atoms with Gasteiger partial charge in [-0.1, -0.05) is 0 Å². The van der Waals surface area contributed by atoms with Gasteiger partial charge in [-0.25, -0.2) is 17.9 Å². The molecule has 0 aliphatic rings. The van der Waals surface area contributed by atoms with Gasteiger partial charge in [0.2, 0.25) is 10.0 Å². The maximum Gasteiger partial charge on any atom is 0.358 e. The third kappa shape index (κ3) is 3.07. The second kappa shape index (κ2) is 6.07. The van der Waals surface area contributed by atoms with Gasteiger partial charge in [-0.2, -0.15) is 0 Å². The van der Waals surface area contributed by atoms with Gasteiger partial charge < -0.3 is 14.0 Å². The van der Waals surface area contributed by atoms with Crippen molar-refractivity contribution in [1.29, 1.82) is 0 Å². The summed E-state index contributed by atoms with van der Waals surface area (Å²) in [7, 11) is -0.852. The van der Waals surface area contributed by atoms with Crippen molar-refractivity contribution in [2.45, 2.75) is 18.7 Å². The third-order valence-electron chi connectivity index (χ3n) is 2.42. The first-order valence-electron chi connectivity index (χ1n) is 5.81. The Hall–Kier alpha value is -1.54. The number of esters is 1. The lowest BCUT2D eigenvalue weighted by atomic mass is 10.4. The Kier molecular flexibility index (Phi) is 4.96. The van der Waals surface area contributed by atoms with Crippen LogP contribution in [0.4, 0.5) is 0 Å². The van der Waals surface area contributed by atoms with Crippen molar-refractivity contribution in [2.24, 2.45) is 7.05 Å². The fourth-order valence-corrected chi connectivity index (χ4v) is 2.51. The zero-order chi connectivity index (χ0) is 14.6. The first-order valence-corrected chi connectivity index (χ1v) is 7.30. The summed E-state index contributed by atoms with van der Waals surface area (Å²) in [5, 5.41) is 0. The Labute approximate surface area is 112 Å². The normalized spacial score (nSPS) is 11.4. The topological polar surface area (TPSA) is 86.6 Å². The molecule has 0 aliphatic carbocycles. The second-order valence-electron chi connectivity index (χ2n) is 3.64. The molecule has 0 aliphatic heterocycles. The van der Waals surface area contributed by atoms with E-state index in [1.807, 2.05) is 0 Å². The van der Waals surface area contributed by atoms with Gasteiger partial charge in [0.15, 0.2) is 11.4 Å². The molecular weight excluding hydrogens is 272 g/mol. The molecule has 1 rings (SSSR count). The van der Waals surface area contributed by atoms with Crippen LogP contribution in [0.2, 0.25) is 0 Å². The van der Waals surface area contributed by atoms with Crippen LogP contribution < -0.4 is 9.46 Å². The van der Waals surface area contributed by atoms with E-state index in [4.69, 9.17) is 9.47 Å². The fourth-order valence-electron chi connectivity index (χ4n) is 1.60. The molecule has 0 spiro atoms. The Morgan fingerprint density at radius 3 is 2.47 bits per heavy atom. The fraction of sp³-hybridized carbons (Fsp3) is 0.545. The Bertz CT molecular complexity index is 562. The Morgan fingerprint density at radius 2 is 2.00 bits per heavy atom. The predicted molar refractivity (Wildman–Crippen MR) is 68.8 cm³/mol. The molecule has 7 nitrogen and oxygen atoms in total. The molecule has 0 radical (unpaired) electrons. The van der Waals surface area contributed by atoms with Gasteiger partial charge in [-0.05, 0) is 20.9 Å². The molecule has 0 atom stereocenters. The van der Waals surface area contributed by atoms with Crippen molar-refractivity contribution >= 4 is 16.0 Å². The number of carbonyl (C=O) groups is 1. The number of rotatable bonds is 6. The summed E-state index contributed by atoms with van der Waals surface area (Å²) in [5.74, 6) is -0.608. The molecule has 0 saturated carbocycles. The van der Waals surface area contributed by atoms with E-state index in [-0.39, 0.29) is 29.6 Å². The number of aromatic nitrogens is 1. The van der Waals surface area contributed by atoms with Gasteiger partial charge in [0.25, 0.3) is 0 Å². The first-order chi connectivity index (χ1) is 8.88. The van der Waals surface area contributed by atoms with E-state index in [0.29, 0.717) is 0 Å². The summed E-state index contributed by atoms with van der Waals surface area (Å²) in [4.78, 5) is 11.8. The predicted octanol–water partition coefficient (Wildman–Crippen LogP) is 0.509. The van der Waals surface area contributed by atoms with Crippen LogP contribution in [-0.2, 0) is 21.8 Å². The second-order valence-corrected chi connectivity index (χ2v) is 5.50. The smallest absolute Gasteiger partial charge is 0.358 e. The van der Waals surface area contributed by atoms with Crippen LogP contribution in [0, 0.1) is 0 Å². The van der Waals surface area contributed by atoms with Gasteiger partial charge >= 0.3 is 5.97 Å². The molecule has 1 heterocycles. The quantitative estimate of drug-likeness (QED) is 0.771. The van der Waals surface area contributed by atoms with E-state index < -0.39 is 16.0 Å². The summed E-state index contributed by atoms with van der Waals surface area (Å²) >= 11 is 0. The molecule has 108 valence electrons. The van der Waals surface area contributed by atoms with Crippen molar-refractivity contribution in [1.82, 2.24) is 9.29 Å². The zero-order valence-electron chi connectivity index (χ0n) is 11.4. The van der Waals surface area contributed by atoms with Crippen LogP contribution in [0.25, 0.3) is 0 Å². The highest BCUT2D eigenvalue weighted by Gasteiger charge is 2.29. The number of hydrogen-bond acceptors (Lipinski definition) is 5. The maximum atomic E-state index is 11.9. The summed E-state index contributed by atoms with van der Waals surface area (Å²) < 4.78 is 37.6. The minimum atomic E-state index is -3.70. The Balaban J connectivity index is 3.44. The number of nitrogens with zero attached hydrogens (tertiary/aromatic N) is 1. The van der Waals surface area contributed by atoms with E-state index in [0.717, 1.165) is 0 Å². The molecule has 1 aromatic heterocycles. The number of carbonyl (C=O) groups excluding carboxylic acids is 1. The highest BCUT2D eigenvalue weighted by molar-refractivity contribution is 7.89. The molecule has 0 bridgehead atoms. The lowest BCUT2D eigenvalue weighted by Gasteiger charge is -2.08. The summed E-state index contributed by atoms with van der Waals surface area (Å²) in [6, 6.07) is 0. The minimum Gasteiger partial charge on any atom is -0.490 e. The van der Waals surface area contributed by atoms with Gasteiger partial charge in [0.05, 0.1) is 13.2 Å². The van der Waals surface area contributed by atoms with Gasteiger partial charge in [0, 0.05) is 13.2 Å². The zero-order valence-corrected chi connectivity index (χ0v) is 12.2. The molecule has 19 heavy (non-hydrogen) atoms. The lowest BCUT2D eigenvalue weighted by Crippen LogP contribution is -2.19. The van der Waals surface area contributed by atoms with Crippen molar-refractivity contribution in [2.75, 3.05) is 20.3 Å². The number of sulfonamides is 1. The molecule has 0 unspecified atom stereocenters. The first kappa shape index (κ1) is 15.5. The van der Waals surface area contributed by atoms with Gasteiger partial charge in [-0.3, -0.25) is 0 Å². The highest BCUT2D eigenvalue weighted by atomic mass is 32.2. The third-order valence-corrected chi connectivity index (χ3v) is 3.83. The van der Waals surface area contributed by atoms with Gasteiger partial charge in [-0.15, -0.1) is 0 Å². The lowest BCUT2D eigenvalue weighted by molar-refractivity contribution is 0.0510. The molecular formula is C11H18N2O5S. The van der Waals surface area contributed by atoms with Crippen molar-refractivity contribution < 1.29 is 22.7 Å². The standard InChI is InChI=1S/C11H18N2O5S/c1-5-17-10-8(19(15,16)12-3)7-13(4)9(10)11(14)18-6-2/h7,12H,5-6H2,1-4H3. The maximum absolute atomic E-state index is 11.9. The van der Waals surface area contributed by atoms with E-state index in [1.54, 1.807) is 20.9 Å². The van der Waals surface area contributed by atoms with E-state index in [1.165, 1.54) is 17.8 Å². The average Bonchev–Trinajstić information content (AvgIpc) is 2.68. The molecule has 8 heteroatoms. The molecule has 1 N–H and O–H groups in total. The van der Waals surface area contributed by atoms with Gasteiger partial charge in [0.1, 0.15) is 4.90 Å². The summed E-state index contributed by atoms with van der Waals surface area (Å²) in [5.41, 5.74) is 0.0810. The van der Waals surface area contributed by atoms with E-state index >= 15 is 0 Å². The van der Waals surface area contributed by atoms with Crippen LogP contribution >= 0.6 is 0 Å². The summed E-state index contributed by atoms with van der Waals surface area (Å²) in [6.45, 7) is 3.82. The molecule has 0 amide bonds. The SMILES string of the molecule is CCOC(=O)c1c(OCC)c(S(=O)(=O)NC)cn1C. The minimum absolute atomic E-state index is 0.0119. The number of ether oxygens (including phenoxy) is 2. The van der Waals surface area contributed by atoms with Crippen LogP contribution in [0.5, 0.6) is 5.75 Å². The van der Waals surface area contributed by atoms with Crippen molar-refractivity contribution in [3.8, 4) is 5.75 Å².